The summed E-state index contributed by atoms with van der Waals surface area (Å²) in [7, 11) is 1.51. The fraction of sp³-hybridized carbons (Fsp3) is 0.455. The molecule has 1 aliphatic heterocycles. The Morgan fingerprint density at radius 2 is 2.32 bits per heavy atom. The predicted octanol–water partition coefficient (Wildman–Crippen LogP) is 2.21. The van der Waals surface area contributed by atoms with Crippen molar-refractivity contribution in [1.82, 2.24) is 5.32 Å². The molecule has 1 aliphatic rings. The smallest absolute Gasteiger partial charge is 0.330 e. The lowest BCUT2D eigenvalue weighted by atomic mass is 9.99. The number of hydrogen-bond donors (Lipinski definition) is 2. The van der Waals surface area contributed by atoms with Gasteiger partial charge in [0.15, 0.2) is 0 Å². The Kier molecular flexibility index (Phi) is 4.42. The number of methoxy groups -OCH3 is 1. The van der Waals surface area contributed by atoms with Crippen LogP contribution in [0.4, 0.5) is 0 Å². The van der Waals surface area contributed by atoms with Crippen molar-refractivity contribution in [2.24, 2.45) is 0 Å². The highest BCUT2D eigenvalue weighted by atomic mass is 79.9. The number of thiophene rings is 1. The van der Waals surface area contributed by atoms with Crippen LogP contribution in [0.2, 0.25) is 0 Å². The zero-order valence-corrected chi connectivity index (χ0v) is 13.3. The number of rotatable bonds is 4. The van der Waals surface area contributed by atoms with Crippen LogP contribution in [-0.4, -0.2) is 41.1 Å². The second-order valence-corrected chi connectivity index (χ2v) is 7.57. The molecular formula is C11H12BrNO4S2. The number of nitrogens with one attached hydrogen (secondary N) is 1. The fourth-order valence-electron chi connectivity index (χ4n) is 1.77. The lowest BCUT2D eigenvalue weighted by Gasteiger charge is -2.24. The van der Waals surface area contributed by atoms with Crippen LogP contribution in [0.25, 0.3) is 0 Å². The van der Waals surface area contributed by atoms with Crippen molar-refractivity contribution in [3.63, 3.8) is 0 Å². The third kappa shape index (κ3) is 2.90. The molecule has 5 nitrogen and oxygen atoms in total. The van der Waals surface area contributed by atoms with Crippen LogP contribution in [0.15, 0.2) is 9.85 Å². The van der Waals surface area contributed by atoms with E-state index in [1.54, 1.807) is 6.07 Å². The Labute approximate surface area is 126 Å². The monoisotopic (exact) mass is 365 g/mol. The summed E-state index contributed by atoms with van der Waals surface area (Å²) in [5.74, 6) is 0.356. The largest absolute Gasteiger partial charge is 0.495 e. The molecule has 1 aromatic heterocycles. The molecule has 0 aliphatic carbocycles. The first-order valence-electron chi connectivity index (χ1n) is 5.45. The second-order valence-electron chi connectivity index (χ2n) is 4.10. The maximum atomic E-state index is 12.1. The topological polar surface area (TPSA) is 75.6 Å². The van der Waals surface area contributed by atoms with Crippen molar-refractivity contribution >= 4 is 50.9 Å². The van der Waals surface area contributed by atoms with Gasteiger partial charge in [0.2, 0.25) is 0 Å². The summed E-state index contributed by atoms with van der Waals surface area (Å²) in [6, 6.07) is 1.60. The third-order valence-electron chi connectivity index (χ3n) is 2.88. The third-order valence-corrected chi connectivity index (χ3v) is 5.85. The Morgan fingerprint density at radius 1 is 1.58 bits per heavy atom. The van der Waals surface area contributed by atoms with Gasteiger partial charge < -0.3 is 15.2 Å². The Bertz CT molecular complexity index is 511. The molecular weight excluding hydrogens is 354 g/mol. The van der Waals surface area contributed by atoms with E-state index in [1.807, 2.05) is 0 Å². The molecule has 19 heavy (non-hydrogen) atoms. The number of carboxylic acid groups (broad SMARTS) is 1. The standard InChI is InChI=1S/C11H12BrNO4S2/c1-17-6-4-7(19-8(6)12)9(14)13-11(10(15)16)2-3-18-5-11/h4H,2-3,5H2,1H3,(H,13,14)(H,15,16). The molecule has 0 radical (unpaired) electrons. The summed E-state index contributed by atoms with van der Waals surface area (Å²) in [6.07, 6.45) is 0.447. The van der Waals surface area contributed by atoms with Gasteiger partial charge in [-0.05, 0) is 28.1 Å². The van der Waals surface area contributed by atoms with Crippen LogP contribution >= 0.6 is 39.0 Å². The van der Waals surface area contributed by atoms with Crippen molar-refractivity contribution in [3.8, 4) is 5.75 Å². The number of hydrogen-bond acceptors (Lipinski definition) is 5. The lowest BCUT2D eigenvalue weighted by molar-refractivity contribution is -0.143. The number of carboxylic acids is 1. The number of amides is 1. The van der Waals surface area contributed by atoms with Gasteiger partial charge >= 0.3 is 5.97 Å². The molecule has 0 bridgehead atoms. The molecule has 2 N–H and O–H groups in total. The van der Waals surface area contributed by atoms with E-state index >= 15 is 0 Å². The first kappa shape index (κ1) is 14.7. The SMILES string of the molecule is COc1cc(C(=O)NC2(C(=O)O)CCSC2)sc1Br. The average Bonchev–Trinajstić information content (AvgIpc) is 2.96. The van der Waals surface area contributed by atoms with Crippen LogP contribution in [-0.2, 0) is 4.79 Å². The van der Waals surface area contributed by atoms with E-state index in [1.165, 1.54) is 30.2 Å². The number of halogens is 1. The Morgan fingerprint density at radius 3 is 2.79 bits per heavy atom. The summed E-state index contributed by atoms with van der Waals surface area (Å²) in [5.41, 5.74) is -1.15. The molecule has 0 spiro atoms. The number of carbonyl (C=O) groups is 2. The van der Waals surface area contributed by atoms with Crippen molar-refractivity contribution in [2.45, 2.75) is 12.0 Å². The highest BCUT2D eigenvalue weighted by Gasteiger charge is 2.43. The van der Waals surface area contributed by atoms with E-state index in [4.69, 9.17) is 4.74 Å². The predicted molar refractivity (Wildman–Crippen MR) is 78.3 cm³/mol. The van der Waals surface area contributed by atoms with Gasteiger partial charge in [-0.1, -0.05) is 0 Å². The normalized spacial score (nSPS) is 22.2. The molecule has 2 heterocycles. The van der Waals surface area contributed by atoms with Crippen molar-refractivity contribution in [1.29, 1.82) is 0 Å². The van der Waals surface area contributed by atoms with E-state index in [0.717, 1.165) is 5.75 Å². The molecule has 2 rings (SSSR count). The van der Waals surface area contributed by atoms with E-state index in [2.05, 4.69) is 21.2 Å². The van der Waals surface area contributed by atoms with Crippen molar-refractivity contribution in [3.05, 3.63) is 14.7 Å². The lowest BCUT2D eigenvalue weighted by Crippen LogP contribution is -2.54. The van der Waals surface area contributed by atoms with Crippen LogP contribution in [0, 0.1) is 0 Å². The van der Waals surface area contributed by atoms with Gasteiger partial charge in [0, 0.05) is 11.8 Å². The molecule has 1 amide bonds. The maximum absolute atomic E-state index is 12.1. The van der Waals surface area contributed by atoms with Gasteiger partial charge in [-0.3, -0.25) is 4.79 Å². The van der Waals surface area contributed by atoms with E-state index < -0.39 is 11.5 Å². The molecule has 0 saturated carbocycles. The maximum Gasteiger partial charge on any atom is 0.330 e. The van der Waals surface area contributed by atoms with Gasteiger partial charge in [-0.15, -0.1) is 11.3 Å². The molecule has 1 atom stereocenters. The Hall–Kier alpha value is -0.730. The molecule has 8 heteroatoms. The number of aliphatic carboxylic acids is 1. The zero-order chi connectivity index (χ0) is 14.0. The molecule has 104 valence electrons. The minimum atomic E-state index is -1.15. The molecule has 1 fully saturated rings. The minimum absolute atomic E-state index is 0.376. The van der Waals surface area contributed by atoms with Gasteiger partial charge in [-0.25, -0.2) is 4.79 Å². The summed E-state index contributed by atoms with van der Waals surface area (Å²) in [5, 5.41) is 12.0. The minimum Gasteiger partial charge on any atom is -0.495 e. The highest BCUT2D eigenvalue weighted by molar-refractivity contribution is 9.11. The summed E-state index contributed by atoms with van der Waals surface area (Å²) < 4.78 is 5.79. The highest BCUT2D eigenvalue weighted by Crippen LogP contribution is 2.35. The van der Waals surface area contributed by atoms with Crippen LogP contribution in [0.5, 0.6) is 5.75 Å². The van der Waals surface area contributed by atoms with E-state index in [-0.39, 0.29) is 5.91 Å². The zero-order valence-electron chi connectivity index (χ0n) is 10.1. The quantitative estimate of drug-likeness (QED) is 0.855. The fourth-order valence-corrected chi connectivity index (χ4v) is 4.64. The number of ether oxygens (including phenoxy) is 1. The number of thioether (sulfide) groups is 1. The van der Waals surface area contributed by atoms with E-state index in [0.29, 0.717) is 26.6 Å². The summed E-state index contributed by atoms with van der Waals surface area (Å²) in [4.78, 5) is 23.9. The van der Waals surface area contributed by atoms with Crippen LogP contribution in [0.3, 0.4) is 0 Å². The van der Waals surface area contributed by atoms with Gasteiger partial charge in [0.25, 0.3) is 5.91 Å². The van der Waals surface area contributed by atoms with Gasteiger partial charge in [-0.2, -0.15) is 11.8 Å². The second kappa shape index (κ2) is 5.72. The average molecular weight is 366 g/mol. The molecule has 1 aromatic rings. The van der Waals surface area contributed by atoms with Crippen LogP contribution < -0.4 is 10.1 Å². The molecule has 0 aromatic carbocycles. The van der Waals surface area contributed by atoms with Gasteiger partial charge in [0.05, 0.1) is 12.0 Å². The van der Waals surface area contributed by atoms with Crippen molar-refractivity contribution < 1.29 is 19.4 Å². The summed E-state index contributed by atoms with van der Waals surface area (Å²) in [6.45, 7) is 0. The molecule has 1 saturated heterocycles. The molecule has 1 unspecified atom stereocenters. The first-order valence-corrected chi connectivity index (χ1v) is 8.22. The van der Waals surface area contributed by atoms with Gasteiger partial charge in [0.1, 0.15) is 15.1 Å². The van der Waals surface area contributed by atoms with Crippen molar-refractivity contribution in [2.75, 3.05) is 18.6 Å². The first-order chi connectivity index (χ1) is 8.98. The Balaban J connectivity index is 2.17. The van der Waals surface area contributed by atoms with Crippen LogP contribution in [0.1, 0.15) is 16.1 Å². The summed E-state index contributed by atoms with van der Waals surface area (Å²) >= 11 is 6.05. The number of carbonyl (C=O) groups excluding carboxylic acids is 1. The van der Waals surface area contributed by atoms with E-state index in [9.17, 15) is 14.7 Å².